The van der Waals surface area contributed by atoms with E-state index in [4.69, 9.17) is 0 Å². The van der Waals surface area contributed by atoms with Gasteiger partial charge in [0.2, 0.25) is 0 Å². The lowest BCUT2D eigenvalue weighted by atomic mass is 9.69. The first-order valence-electron chi connectivity index (χ1n) is 12.0. The molecular formula is C27H42. The Morgan fingerprint density at radius 3 is 2.26 bits per heavy atom. The van der Waals surface area contributed by atoms with Crippen LogP contribution in [-0.2, 0) is 6.42 Å². The Morgan fingerprint density at radius 2 is 1.63 bits per heavy atom. The normalized spacial score (nSPS) is 26.8. The molecule has 0 saturated heterocycles. The van der Waals surface area contributed by atoms with Gasteiger partial charge in [-0.2, -0.15) is 0 Å². The van der Waals surface area contributed by atoms with Crippen LogP contribution in [0.5, 0.6) is 0 Å². The molecule has 0 nitrogen and oxygen atoms in total. The minimum absolute atomic E-state index is 0.796. The second-order valence-corrected chi connectivity index (χ2v) is 9.41. The molecule has 150 valence electrons. The Morgan fingerprint density at radius 1 is 0.852 bits per heavy atom. The van der Waals surface area contributed by atoms with Crippen LogP contribution in [0.2, 0.25) is 0 Å². The van der Waals surface area contributed by atoms with Gasteiger partial charge in [-0.15, -0.1) is 0 Å². The molecule has 0 amide bonds. The van der Waals surface area contributed by atoms with Gasteiger partial charge >= 0.3 is 0 Å². The van der Waals surface area contributed by atoms with Crippen molar-refractivity contribution in [1.82, 2.24) is 0 Å². The summed E-state index contributed by atoms with van der Waals surface area (Å²) >= 11 is 0. The molecule has 3 rings (SSSR count). The van der Waals surface area contributed by atoms with Crippen LogP contribution in [-0.4, -0.2) is 0 Å². The summed E-state index contributed by atoms with van der Waals surface area (Å²) in [5.74, 6) is 3.64. The van der Waals surface area contributed by atoms with E-state index in [1.165, 1.54) is 89.0 Å². The van der Waals surface area contributed by atoms with E-state index in [1.54, 1.807) is 5.56 Å². The third-order valence-electron chi connectivity index (χ3n) is 7.35. The van der Waals surface area contributed by atoms with Gasteiger partial charge in [-0.05, 0) is 86.2 Å². The fraction of sp³-hybridized carbons (Fsp3) is 0.704. The Labute approximate surface area is 168 Å². The summed E-state index contributed by atoms with van der Waals surface area (Å²) in [5, 5.41) is 0. The van der Waals surface area contributed by atoms with Crippen molar-refractivity contribution in [2.45, 2.75) is 103 Å². The van der Waals surface area contributed by atoms with Gasteiger partial charge < -0.3 is 0 Å². The van der Waals surface area contributed by atoms with Crippen molar-refractivity contribution in [3.8, 4) is 0 Å². The molecule has 27 heavy (non-hydrogen) atoms. The van der Waals surface area contributed by atoms with E-state index in [9.17, 15) is 0 Å². The number of benzene rings is 1. The molecule has 0 radical (unpaired) electrons. The molecule has 0 heterocycles. The molecule has 0 aromatic heterocycles. The van der Waals surface area contributed by atoms with Crippen molar-refractivity contribution in [2.75, 3.05) is 0 Å². The molecule has 0 aliphatic heterocycles. The lowest BCUT2D eigenvalue weighted by Crippen LogP contribution is -2.23. The second-order valence-electron chi connectivity index (χ2n) is 9.41. The van der Waals surface area contributed by atoms with Crippen LogP contribution >= 0.6 is 0 Å². The largest absolute Gasteiger partial charge is 0.0885 e. The van der Waals surface area contributed by atoms with Crippen LogP contribution in [0.1, 0.15) is 108 Å². The molecule has 0 bridgehead atoms. The Bertz CT molecular complexity index is 544. The molecule has 1 fully saturated rings. The van der Waals surface area contributed by atoms with Crippen LogP contribution in [0.25, 0.3) is 0 Å². The topological polar surface area (TPSA) is 0 Å². The van der Waals surface area contributed by atoms with E-state index in [0.717, 1.165) is 23.7 Å². The third-order valence-corrected chi connectivity index (χ3v) is 7.35. The fourth-order valence-corrected chi connectivity index (χ4v) is 5.63. The maximum absolute atomic E-state index is 2.49. The zero-order valence-corrected chi connectivity index (χ0v) is 18.0. The van der Waals surface area contributed by atoms with Gasteiger partial charge in [0.25, 0.3) is 0 Å². The van der Waals surface area contributed by atoms with Crippen LogP contribution < -0.4 is 0 Å². The summed E-state index contributed by atoms with van der Waals surface area (Å²) in [4.78, 5) is 0. The number of hydrogen-bond donors (Lipinski definition) is 0. The van der Waals surface area contributed by atoms with E-state index in [1.807, 2.05) is 0 Å². The summed E-state index contributed by atoms with van der Waals surface area (Å²) in [7, 11) is 0. The van der Waals surface area contributed by atoms with Crippen molar-refractivity contribution in [3.63, 3.8) is 0 Å². The Kier molecular flexibility index (Phi) is 8.49. The predicted molar refractivity (Wildman–Crippen MR) is 119 cm³/mol. The quantitative estimate of drug-likeness (QED) is 0.384. The van der Waals surface area contributed by atoms with E-state index in [2.05, 4.69) is 50.3 Å². The highest BCUT2D eigenvalue weighted by Gasteiger charge is 2.30. The standard InChI is InChI=1S/C27H42/c1-3-5-10-23-15-19-26(20-16-23)27(21-24-11-7-6-8-12-24)25-17-13-22(9-4-2)14-18-25/h6-7,15-16,19-20,22,24-25,27H,3-5,8-14,17-18,21H2,1-2H3. The highest BCUT2D eigenvalue weighted by molar-refractivity contribution is 5.26. The minimum Gasteiger partial charge on any atom is -0.0885 e. The maximum Gasteiger partial charge on any atom is -0.0131 e. The summed E-state index contributed by atoms with van der Waals surface area (Å²) in [6.07, 6.45) is 22.9. The van der Waals surface area contributed by atoms with Crippen LogP contribution in [0, 0.1) is 17.8 Å². The fourth-order valence-electron chi connectivity index (χ4n) is 5.63. The van der Waals surface area contributed by atoms with E-state index in [0.29, 0.717) is 0 Å². The number of hydrogen-bond acceptors (Lipinski definition) is 0. The average molecular weight is 367 g/mol. The lowest BCUT2D eigenvalue weighted by molar-refractivity contribution is 0.211. The Balaban J connectivity index is 1.68. The molecule has 2 aliphatic rings. The van der Waals surface area contributed by atoms with Crippen LogP contribution in [0.3, 0.4) is 0 Å². The first-order valence-corrected chi connectivity index (χ1v) is 12.0. The minimum atomic E-state index is 0.796. The van der Waals surface area contributed by atoms with Gasteiger partial charge in [-0.3, -0.25) is 0 Å². The zero-order valence-electron chi connectivity index (χ0n) is 18.0. The molecular weight excluding hydrogens is 324 g/mol. The van der Waals surface area contributed by atoms with Gasteiger partial charge in [0, 0.05) is 0 Å². The van der Waals surface area contributed by atoms with Gasteiger partial charge in [0.05, 0.1) is 0 Å². The first kappa shape index (κ1) is 20.7. The molecule has 0 heteroatoms. The summed E-state index contributed by atoms with van der Waals surface area (Å²) < 4.78 is 0. The van der Waals surface area contributed by atoms with E-state index >= 15 is 0 Å². The van der Waals surface area contributed by atoms with Crippen LogP contribution in [0.15, 0.2) is 36.4 Å². The number of allylic oxidation sites excluding steroid dienone is 2. The number of unbranched alkanes of at least 4 members (excludes halogenated alkanes) is 1. The summed E-state index contributed by atoms with van der Waals surface area (Å²) in [5.41, 5.74) is 3.18. The number of aryl methyl sites for hydroxylation is 1. The molecule has 1 saturated carbocycles. The molecule has 2 unspecified atom stereocenters. The molecule has 1 aromatic rings. The second kappa shape index (κ2) is 11.1. The molecule has 0 N–H and O–H groups in total. The molecule has 0 spiro atoms. The van der Waals surface area contributed by atoms with E-state index in [-0.39, 0.29) is 0 Å². The van der Waals surface area contributed by atoms with Gasteiger partial charge in [0.15, 0.2) is 0 Å². The maximum atomic E-state index is 2.49. The van der Waals surface area contributed by atoms with Crippen molar-refractivity contribution < 1.29 is 0 Å². The Hall–Kier alpha value is -1.04. The summed E-state index contributed by atoms with van der Waals surface area (Å²) in [6, 6.07) is 9.85. The van der Waals surface area contributed by atoms with Crippen molar-refractivity contribution in [2.24, 2.45) is 17.8 Å². The highest BCUT2D eigenvalue weighted by atomic mass is 14.3. The van der Waals surface area contributed by atoms with Gasteiger partial charge in [-0.1, -0.05) is 82.4 Å². The zero-order chi connectivity index (χ0) is 18.9. The molecule has 1 aromatic carbocycles. The first-order chi connectivity index (χ1) is 13.3. The molecule has 2 atom stereocenters. The summed E-state index contributed by atoms with van der Waals surface area (Å²) in [6.45, 7) is 4.64. The monoisotopic (exact) mass is 366 g/mol. The van der Waals surface area contributed by atoms with Crippen molar-refractivity contribution in [3.05, 3.63) is 47.5 Å². The third kappa shape index (κ3) is 6.23. The average Bonchev–Trinajstić information content (AvgIpc) is 2.73. The smallest absolute Gasteiger partial charge is 0.0131 e. The highest BCUT2D eigenvalue weighted by Crippen LogP contribution is 2.44. The predicted octanol–water partition coefficient (Wildman–Crippen LogP) is 8.47. The lowest BCUT2D eigenvalue weighted by Gasteiger charge is -2.36. The van der Waals surface area contributed by atoms with Gasteiger partial charge in [-0.25, -0.2) is 0 Å². The SMILES string of the molecule is CCCCc1ccc(C(CC2CC=CCC2)C2CCC(CCC)CC2)cc1. The van der Waals surface area contributed by atoms with Gasteiger partial charge in [0.1, 0.15) is 0 Å². The molecule has 2 aliphatic carbocycles. The van der Waals surface area contributed by atoms with Crippen molar-refractivity contribution >= 4 is 0 Å². The van der Waals surface area contributed by atoms with Crippen molar-refractivity contribution in [1.29, 1.82) is 0 Å². The van der Waals surface area contributed by atoms with E-state index < -0.39 is 0 Å². The van der Waals surface area contributed by atoms with Crippen LogP contribution in [0.4, 0.5) is 0 Å². The number of rotatable bonds is 9.